The van der Waals surface area contributed by atoms with Crippen LogP contribution in [0.4, 0.5) is 0 Å². The summed E-state index contributed by atoms with van der Waals surface area (Å²) in [5.41, 5.74) is -1.42. The van der Waals surface area contributed by atoms with Gasteiger partial charge in [-0.1, -0.05) is 0 Å². The van der Waals surface area contributed by atoms with Gasteiger partial charge in [0.15, 0.2) is 12.1 Å². The Morgan fingerprint density at radius 3 is 2.00 bits per heavy atom. The summed E-state index contributed by atoms with van der Waals surface area (Å²) in [6, 6.07) is -1.40. The van der Waals surface area contributed by atoms with E-state index in [0.717, 1.165) is 0 Å². The first-order chi connectivity index (χ1) is 9.35. The molecule has 0 aromatic rings. The van der Waals surface area contributed by atoms with Crippen LogP contribution in [0.1, 0.15) is 48.0 Å². The highest BCUT2D eigenvalue weighted by Gasteiger charge is 2.34. The normalized spacial score (nSPS) is 14.8. The van der Waals surface area contributed by atoms with Gasteiger partial charge in [0.05, 0.1) is 5.60 Å². The molecule has 1 unspecified atom stereocenters. The lowest BCUT2D eigenvalue weighted by Gasteiger charge is -2.29. The maximum absolute atomic E-state index is 12.1. The lowest BCUT2D eigenvalue weighted by molar-refractivity contribution is -0.178. The molecule has 0 aliphatic carbocycles. The van der Waals surface area contributed by atoms with E-state index < -0.39 is 35.3 Å². The van der Waals surface area contributed by atoms with Crippen molar-refractivity contribution in [2.45, 2.75) is 71.3 Å². The molecule has 0 spiro atoms. The summed E-state index contributed by atoms with van der Waals surface area (Å²) in [6.07, 6.45) is -0.241. The van der Waals surface area contributed by atoms with Crippen LogP contribution in [0, 0.1) is 0 Å². The molecule has 7 nitrogen and oxygen atoms in total. The van der Waals surface area contributed by atoms with Gasteiger partial charge in [0.1, 0.15) is 5.60 Å². The Balaban J connectivity index is 5.18. The molecule has 0 saturated heterocycles. The summed E-state index contributed by atoms with van der Waals surface area (Å²) >= 11 is 0. The van der Waals surface area contributed by atoms with Gasteiger partial charge in [-0.2, -0.15) is 4.99 Å². The minimum atomic E-state index is -1.40. The van der Waals surface area contributed by atoms with Crippen LogP contribution in [0.15, 0.2) is 4.99 Å². The zero-order valence-electron chi connectivity index (χ0n) is 13.3. The van der Waals surface area contributed by atoms with E-state index in [1.165, 1.54) is 6.08 Å². The molecule has 7 heteroatoms. The largest absolute Gasteiger partial charge is 0.480 e. The van der Waals surface area contributed by atoms with Gasteiger partial charge in [0, 0.05) is 6.42 Å². The van der Waals surface area contributed by atoms with E-state index in [0.29, 0.717) is 0 Å². The van der Waals surface area contributed by atoms with Gasteiger partial charge in [-0.15, -0.1) is 0 Å². The van der Waals surface area contributed by atoms with Crippen molar-refractivity contribution in [3.05, 3.63) is 0 Å². The first kappa shape index (κ1) is 19.3. The fraction of sp³-hybridized carbons (Fsp3) is 0.786. The number of esters is 1. The number of nitrogens with zero attached hydrogens (tertiary/aromatic N) is 1. The predicted molar refractivity (Wildman–Crippen MR) is 74.6 cm³/mol. The van der Waals surface area contributed by atoms with Crippen LogP contribution < -0.4 is 0 Å². The summed E-state index contributed by atoms with van der Waals surface area (Å²) in [6.45, 7) is 10.3. The molecule has 0 aliphatic heterocycles. The lowest BCUT2D eigenvalue weighted by Crippen LogP contribution is -2.41. The predicted octanol–water partition coefficient (Wildman–Crippen LogP) is 1.69. The zero-order valence-corrected chi connectivity index (χ0v) is 13.3. The molecule has 2 atom stereocenters. The zero-order chi connectivity index (χ0) is 16.8. The van der Waals surface area contributed by atoms with Crippen molar-refractivity contribution in [3.8, 4) is 0 Å². The van der Waals surface area contributed by atoms with Crippen LogP contribution in [0.25, 0.3) is 0 Å². The number of carbonyl (C=O) groups excluding carboxylic acids is 2. The van der Waals surface area contributed by atoms with E-state index in [9.17, 15) is 14.4 Å². The van der Waals surface area contributed by atoms with E-state index in [1.807, 2.05) is 0 Å². The lowest BCUT2D eigenvalue weighted by atomic mass is 10.1. The number of aliphatic carboxylic acids is 1. The third kappa shape index (κ3) is 8.94. The number of carboxylic acid groups (broad SMARTS) is 1. The Morgan fingerprint density at radius 2 is 1.67 bits per heavy atom. The Labute approximate surface area is 124 Å². The number of carboxylic acids is 1. The quantitative estimate of drug-likeness (QED) is 0.455. The summed E-state index contributed by atoms with van der Waals surface area (Å²) < 4.78 is 10.8. The molecule has 0 bridgehead atoms. The number of carbonyl (C=O) groups is 2. The first-order valence-electron chi connectivity index (χ1n) is 6.56. The van der Waals surface area contributed by atoms with Gasteiger partial charge < -0.3 is 14.6 Å². The molecule has 0 amide bonds. The van der Waals surface area contributed by atoms with Gasteiger partial charge >= 0.3 is 11.9 Å². The van der Waals surface area contributed by atoms with Crippen molar-refractivity contribution in [2.75, 3.05) is 0 Å². The molecular formula is C14H23NO6. The maximum Gasteiger partial charge on any atom is 0.335 e. The van der Waals surface area contributed by atoms with Crippen LogP contribution in [-0.4, -0.2) is 46.5 Å². The third-order valence-corrected chi connectivity index (χ3v) is 2.10. The van der Waals surface area contributed by atoms with Crippen molar-refractivity contribution in [1.82, 2.24) is 0 Å². The highest BCUT2D eigenvalue weighted by atomic mass is 16.6. The van der Waals surface area contributed by atoms with E-state index in [1.54, 1.807) is 41.5 Å². The van der Waals surface area contributed by atoms with Crippen molar-refractivity contribution in [2.24, 2.45) is 4.99 Å². The molecule has 0 heterocycles. The Bertz CT molecular complexity index is 424. The van der Waals surface area contributed by atoms with Crippen LogP contribution in [-0.2, 0) is 23.9 Å². The summed E-state index contributed by atoms with van der Waals surface area (Å²) in [7, 11) is 0. The molecule has 21 heavy (non-hydrogen) atoms. The standard InChI is InChI=1S/C14H23NO6/c1-13(2,3)20-10(12(19)21-14(4,5)6)7-9(11(17)18)15-8-16/h9-10H,7H2,1-6H3,(H,17,18)/t9-,10?/m0/s1. The van der Waals surface area contributed by atoms with Gasteiger partial charge in [0.25, 0.3) is 0 Å². The fourth-order valence-corrected chi connectivity index (χ4v) is 1.46. The Morgan fingerprint density at radius 1 is 1.14 bits per heavy atom. The summed E-state index contributed by atoms with van der Waals surface area (Å²) in [4.78, 5) is 36.6. The smallest absolute Gasteiger partial charge is 0.335 e. The molecule has 0 aliphatic rings. The second-order valence-corrected chi connectivity index (χ2v) is 6.56. The number of hydrogen-bond donors (Lipinski definition) is 1. The minimum absolute atomic E-state index is 0.295. The topological polar surface area (TPSA) is 102 Å². The second kappa shape index (κ2) is 7.33. The molecule has 0 fully saturated rings. The van der Waals surface area contributed by atoms with Gasteiger partial charge in [-0.3, -0.25) is 0 Å². The third-order valence-electron chi connectivity index (χ3n) is 2.10. The average Bonchev–Trinajstić information content (AvgIpc) is 2.22. The Kier molecular flexibility index (Phi) is 6.73. The average molecular weight is 301 g/mol. The van der Waals surface area contributed by atoms with E-state index >= 15 is 0 Å². The fourth-order valence-electron chi connectivity index (χ4n) is 1.46. The van der Waals surface area contributed by atoms with Gasteiger partial charge in [-0.25, -0.2) is 14.4 Å². The molecule has 0 aromatic carbocycles. The summed E-state index contributed by atoms with van der Waals surface area (Å²) in [5, 5.41) is 8.99. The molecule has 0 saturated carbocycles. The second-order valence-electron chi connectivity index (χ2n) is 6.56. The van der Waals surface area contributed by atoms with E-state index in [2.05, 4.69) is 4.99 Å². The van der Waals surface area contributed by atoms with Crippen LogP contribution in [0.2, 0.25) is 0 Å². The van der Waals surface area contributed by atoms with Gasteiger partial charge in [0.2, 0.25) is 6.08 Å². The van der Waals surface area contributed by atoms with E-state index in [-0.39, 0.29) is 6.42 Å². The van der Waals surface area contributed by atoms with Crippen LogP contribution >= 0.6 is 0 Å². The summed E-state index contributed by atoms with van der Waals surface area (Å²) in [5.74, 6) is -2.02. The van der Waals surface area contributed by atoms with Crippen molar-refractivity contribution >= 4 is 18.0 Å². The number of aliphatic imine (C=N–C) groups is 1. The molecule has 0 aromatic heterocycles. The molecule has 0 radical (unpaired) electrons. The number of hydrogen-bond acceptors (Lipinski definition) is 6. The number of isocyanates is 1. The molecule has 0 rings (SSSR count). The molecule has 120 valence electrons. The minimum Gasteiger partial charge on any atom is -0.480 e. The Hall–Kier alpha value is -1.72. The number of ether oxygens (including phenoxy) is 2. The SMILES string of the molecule is CC(C)(C)OC(=O)C(C[C@H](N=C=O)C(=O)O)OC(C)(C)C. The van der Waals surface area contributed by atoms with Crippen molar-refractivity contribution in [1.29, 1.82) is 0 Å². The van der Waals surface area contributed by atoms with E-state index in [4.69, 9.17) is 14.6 Å². The highest BCUT2D eigenvalue weighted by molar-refractivity contribution is 5.79. The monoisotopic (exact) mass is 301 g/mol. The molecular weight excluding hydrogens is 278 g/mol. The van der Waals surface area contributed by atoms with Crippen LogP contribution in [0.3, 0.4) is 0 Å². The van der Waals surface area contributed by atoms with Crippen LogP contribution in [0.5, 0.6) is 0 Å². The molecule has 1 N–H and O–H groups in total. The highest BCUT2D eigenvalue weighted by Crippen LogP contribution is 2.19. The maximum atomic E-state index is 12.1. The number of rotatable bonds is 6. The van der Waals surface area contributed by atoms with Crippen molar-refractivity contribution < 1.29 is 29.0 Å². The van der Waals surface area contributed by atoms with Crippen molar-refractivity contribution in [3.63, 3.8) is 0 Å². The van der Waals surface area contributed by atoms with Gasteiger partial charge in [-0.05, 0) is 41.5 Å². The first-order valence-corrected chi connectivity index (χ1v) is 6.56.